The molecule has 0 amide bonds. The van der Waals surface area contributed by atoms with E-state index in [0.29, 0.717) is 27.7 Å². The first-order valence-electron chi connectivity index (χ1n) is 6.33. The molecule has 0 N–H and O–H groups in total. The zero-order valence-electron chi connectivity index (χ0n) is 11.8. The Morgan fingerprint density at radius 2 is 1.48 bits per heavy atom. The Labute approximate surface area is 128 Å². The monoisotopic (exact) mass is 302 g/mol. The van der Waals surface area contributed by atoms with Crippen molar-refractivity contribution in [2.75, 3.05) is 14.2 Å². The highest BCUT2D eigenvalue weighted by molar-refractivity contribution is 6.55. The van der Waals surface area contributed by atoms with Crippen LogP contribution in [0.1, 0.15) is 11.1 Å². The van der Waals surface area contributed by atoms with E-state index in [4.69, 9.17) is 21.1 Å². The van der Waals surface area contributed by atoms with Crippen molar-refractivity contribution in [3.63, 3.8) is 0 Å². The number of benzene rings is 2. The van der Waals surface area contributed by atoms with E-state index in [1.54, 1.807) is 26.4 Å². The van der Waals surface area contributed by atoms with Crippen molar-refractivity contribution in [1.29, 1.82) is 0 Å². The molecule has 21 heavy (non-hydrogen) atoms. The van der Waals surface area contributed by atoms with Gasteiger partial charge in [-0.3, -0.25) is 4.79 Å². The fourth-order valence-corrected chi connectivity index (χ4v) is 2.22. The van der Waals surface area contributed by atoms with Crippen molar-refractivity contribution < 1.29 is 14.3 Å². The Bertz CT molecular complexity index is 677. The van der Waals surface area contributed by atoms with Crippen LogP contribution >= 0.6 is 11.6 Å². The molecule has 2 rings (SSSR count). The van der Waals surface area contributed by atoms with Gasteiger partial charge in [0.25, 0.3) is 0 Å². The molecule has 4 heteroatoms. The van der Waals surface area contributed by atoms with Gasteiger partial charge in [0, 0.05) is 5.57 Å². The van der Waals surface area contributed by atoms with Crippen molar-refractivity contribution in [3.8, 4) is 11.5 Å². The molecule has 0 heterocycles. The second kappa shape index (κ2) is 6.95. The van der Waals surface area contributed by atoms with Crippen LogP contribution in [0, 0.1) is 0 Å². The maximum Gasteiger partial charge on any atom is 0.152 e. The van der Waals surface area contributed by atoms with Crippen LogP contribution in [0.4, 0.5) is 0 Å². The predicted molar refractivity (Wildman–Crippen MR) is 84.7 cm³/mol. The number of halogens is 1. The van der Waals surface area contributed by atoms with E-state index < -0.39 is 0 Å². The lowest BCUT2D eigenvalue weighted by Gasteiger charge is -2.08. The number of allylic oxidation sites excluding steroid dienone is 1. The zero-order chi connectivity index (χ0) is 15.2. The number of hydrogen-bond donors (Lipinski definition) is 0. The van der Waals surface area contributed by atoms with Crippen LogP contribution in [-0.4, -0.2) is 20.5 Å². The number of hydrogen-bond acceptors (Lipinski definition) is 3. The Hall–Kier alpha value is -2.26. The van der Waals surface area contributed by atoms with Crippen molar-refractivity contribution in [2.45, 2.75) is 0 Å². The van der Waals surface area contributed by atoms with Crippen molar-refractivity contribution in [1.82, 2.24) is 0 Å². The number of carbonyl (C=O) groups is 1. The van der Waals surface area contributed by atoms with Gasteiger partial charge in [-0.1, -0.05) is 35.9 Å². The molecule has 2 aromatic rings. The lowest BCUT2D eigenvalue weighted by Crippen LogP contribution is -1.92. The van der Waals surface area contributed by atoms with E-state index in [1.165, 1.54) is 0 Å². The number of ether oxygens (including phenoxy) is 2. The molecule has 0 aliphatic rings. The molecule has 0 spiro atoms. The quantitative estimate of drug-likeness (QED) is 0.475. The molecule has 0 bridgehead atoms. The second-order valence-corrected chi connectivity index (χ2v) is 4.69. The lowest BCUT2D eigenvalue weighted by molar-refractivity contribution is -0.103. The summed E-state index contributed by atoms with van der Waals surface area (Å²) in [6.07, 6.45) is 0.747. The minimum absolute atomic E-state index is 0.372. The average Bonchev–Trinajstić information content (AvgIpc) is 2.55. The van der Waals surface area contributed by atoms with Gasteiger partial charge in [0.05, 0.1) is 19.3 Å². The highest BCUT2D eigenvalue weighted by Gasteiger charge is 2.10. The summed E-state index contributed by atoms with van der Waals surface area (Å²) in [5, 5.41) is 0.372. The van der Waals surface area contributed by atoms with Crippen LogP contribution in [0.2, 0.25) is 0 Å². The van der Waals surface area contributed by atoms with Crippen LogP contribution in [0.25, 0.3) is 10.6 Å². The molecule has 0 aliphatic carbocycles. The van der Waals surface area contributed by atoms with E-state index in [2.05, 4.69) is 0 Å². The number of rotatable bonds is 5. The maximum absolute atomic E-state index is 11.5. The molecular weight excluding hydrogens is 288 g/mol. The average molecular weight is 303 g/mol. The van der Waals surface area contributed by atoms with Gasteiger partial charge in [0.2, 0.25) is 0 Å². The van der Waals surface area contributed by atoms with Gasteiger partial charge in [0.1, 0.15) is 11.5 Å². The molecule has 0 saturated heterocycles. The number of carbonyl (C=O) groups excluding carboxylic acids is 1. The molecule has 108 valence electrons. The molecule has 0 fully saturated rings. The van der Waals surface area contributed by atoms with E-state index in [1.807, 2.05) is 36.4 Å². The molecule has 0 radical (unpaired) electrons. The SMILES string of the molecule is COc1cccc(C(Cl)=C(C=O)c2cccc(OC)c2)c1. The standard InChI is InChI=1S/C17H15ClO3/c1-20-14-7-3-5-12(9-14)16(11-19)17(18)13-6-4-8-15(10-13)21-2/h3-11H,1-2H3. The summed E-state index contributed by atoms with van der Waals surface area (Å²) < 4.78 is 10.3. The van der Waals surface area contributed by atoms with Crippen LogP contribution in [0.5, 0.6) is 11.5 Å². The molecule has 0 aromatic heterocycles. The summed E-state index contributed by atoms with van der Waals surface area (Å²) in [6, 6.07) is 14.5. The maximum atomic E-state index is 11.5. The fraction of sp³-hybridized carbons (Fsp3) is 0.118. The predicted octanol–water partition coefficient (Wildman–Crippen LogP) is 4.01. The lowest BCUT2D eigenvalue weighted by atomic mass is 10.0. The van der Waals surface area contributed by atoms with Crippen molar-refractivity contribution in [2.24, 2.45) is 0 Å². The van der Waals surface area contributed by atoms with Crippen molar-refractivity contribution in [3.05, 3.63) is 59.7 Å². The smallest absolute Gasteiger partial charge is 0.152 e. The number of aldehydes is 1. The van der Waals surface area contributed by atoms with Gasteiger partial charge in [-0.05, 0) is 35.4 Å². The Balaban J connectivity index is 2.52. The van der Waals surface area contributed by atoms with Gasteiger partial charge >= 0.3 is 0 Å². The minimum Gasteiger partial charge on any atom is -0.497 e. The fourth-order valence-electron chi connectivity index (χ4n) is 1.95. The summed E-state index contributed by atoms with van der Waals surface area (Å²) in [7, 11) is 3.16. The molecular formula is C17H15ClO3. The van der Waals surface area contributed by atoms with E-state index in [9.17, 15) is 4.79 Å². The first kappa shape index (κ1) is 15.1. The van der Waals surface area contributed by atoms with Gasteiger partial charge in [-0.2, -0.15) is 0 Å². The summed E-state index contributed by atoms with van der Waals surface area (Å²) >= 11 is 6.38. The number of methoxy groups -OCH3 is 2. The highest BCUT2D eigenvalue weighted by Crippen LogP contribution is 2.31. The largest absolute Gasteiger partial charge is 0.497 e. The summed E-state index contributed by atoms with van der Waals surface area (Å²) in [5.41, 5.74) is 1.84. The Morgan fingerprint density at radius 1 is 0.952 bits per heavy atom. The molecule has 2 aromatic carbocycles. The molecule has 0 atom stereocenters. The van der Waals surface area contributed by atoms with E-state index in [0.717, 1.165) is 11.8 Å². The molecule has 3 nitrogen and oxygen atoms in total. The summed E-state index contributed by atoms with van der Waals surface area (Å²) in [4.78, 5) is 11.5. The third kappa shape index (κ3) is 3.44. The van der Waals surface area contributed by atoms with Crippen LogP contribution in [0.15, 0.2) is 48.5 Å². The first-order valence-corrected chi connectivity index (χ1v) is 6.71. The molecule has 0 aliphatic heterocycles. The van der Waals surface area contributed by atoms with E-state index in [-0.39, 0.29) is 0 Å². The summed E-state index contributed by atoms with van der Waals surface area (Å²) in [6.45, 7) is 0. The van der Waals surface area contributed by atoms with Gasteiger partial charge in [0.15, 0.2) is 6.29 Å². The van der Waals surface area contributed by atoms with Crippen molar-refractivity contribution >= 4 is 28.5 Å². The third-order valence-corrected chi connectivity index (χ3v) is 3.48. The highest BCUT2D eigenvalue weighted by atomic mass is 35.5. The van der Waals surface area contributed by atoms with Crippen LogP contribution < -0.4 is 9.47 Å². The topological polar surface area (TPSA) is 35.5 Å². The zero-order valence-corrected chi connectivity index (χ0v) is 12.6. The first-order chi connectivity index (χ1) is 10.2. The normalized spacial score (nSPS) is 11.6. The van der Waals surface area contributed by atoms with Gasteiger partial charge in [-0.15, -0.1) is 0 Å². The second-order valence-electron chi connectivity index (χ2n) is 4.31. The van der Waals surface area contributed by atoms with Crippen LogP contribution in [0.3, 0.4) is 0 Å². The van der Waals surface area contributed by atoms with Gasteiger partial charge < -0.3 is 9.47 Å². The van der Waals surface area contributed by atoms with Gasteiger partial charge in [-0.25, -0.2) is 0 Å². The molecule has 0 saturated carbocycles. The van der Waals surface area contributed by atoms with E-state index >= 15 is 0 Å². The minimum atomic E-state index is 0.372. The Morgan fingerprint density at radius 3 is 2.00 bits per heavy atom. The third-order valence-electron chi connectivity index (χ3n) is 3.06. The Kier molecular flexibility index (Phi) is 5.01. The summed E-state index contributed by atoms with van der Waals surface area (Å²) in [5.74, 6) is 1.35. The molecule has 0 unspecified atom stereocenters. The van der Waals surface area contributed by atoms with Crippen LogP contribution in [-0.2, 0) is 4.79 Å².